The third-order valence-corrected chi connectivity index (χ3v) is 4.35. The Morgan fingerprint density at radius 1 is 0.864 bits per heavy atom. The van der Waals surface area contributed by atoms with Crippen LogP contribution < -0.4 is 0 Å². The van der Waals surface area contributed by atoms with E-state index < -0.39 is 10.1 Å². The highest BCUT2D eigenvalue weighted by Gasteiger charge is 2.13. The van der Waals surface area contributed by atoms with Crippen molar-refractivity contribution in [2.24, 2.45) is 0 Å². The molecule has 4 nitrogen and oxygen atoms in total. The van der Waals surface area contributed by atoms with Gasteiger partial charge in [0.05, 0.1) is 4.90 Å². The molecule has 0 spiro atoms. The van der Waals surface area contributed by atoms with Crippen LogP contribution in [0.15, 0.2) is 65.6 Å². The van der Waals surface area contributed by atoms with Crippen molar-refractivity contribution in [3.8, 4) is 5.75 Å². The first kappa shape index (κ1) is 14.6. The van der Waals surface area contributed by atoms with Gasteiger partial charge in [0, 0.05) is 11.5 Å². The first-order valence-corrected chi connectivity index (χ1v) is 8.14. The Hall–Kier alpha value is -2.37. The molecule has 3 aromatic carbocycles. The third kappa shape index (κ3) is 2.95. The molecule has 3 aromatic rings. The van der Waals surface area contributed by atoms with Crippen molar-refractivity contribution in [2.75, 3.05) is 0 Å². The number of hydrogen-bond acceptors (Lipinski definition) is 3. The number of aromatic hydroxyl groups is 1. The van der Waals surface area contributed by atoms with Crippen molar-refractivity contribution in [1.82, 2.24) is 0 Å². The number of phenols is 1. The average molecular weight is 314 g/mol. The second-order valence-electron chi connectivity index (χ2n) is 5.14. The van der Waals surface area contributed by atoms with Gasteiger partial charge in [0.15, 0.2) is 0 Å². The topological polar surface area (TPSA) is 74.6 Å². The molecule has 22 heavy (non-hydrogen) atoms. The van der Waals surface area contributed by atoms with Gasteiger partial charge >= 0.3 is 0 Å². The molecule has 0 fully saturated rings. The molecule has 0 aliphatic carbocycles. The van der Waals surface area contributed by atoms with E-state index in [0.29, 0.717) is 17.2 Å². The van der Waals surface area contributed by atoms with Gasteiger partial charge in [-0.05, 0) is 29.0 Å². The normalized spacial score (nSPS) is 11.7. The molecule has 0 unspecified atom stereocenters. The van der Waals surface area contributed by atoms with E-state index in [1.54, 1.807) is 6.07 Å². The van der Waals surface area contributed by atoms with Gasteiger partial charge in [-0.25, -0.2) is 0 Å². The fraction of sp³-hybridized carbons (Fsp3) is 0.0588. The maximum Gasteiger partial charge on any atom is 0.294 e. The van der Waals surface area contributed by atoms with Crippen molar-refractivity contribution in [3.05, 3.63) is 71.8 Å². The van der Waals surface area contributed by atoms with Crippen molar-refractivity contribution in [3.63, 3.8) is 0 Å². The maximum atomic E-state index is 11.2. The van der Waals surface area contributed by atoms with E-state index in [2.05, 4.69) is 0 Å². The molecule has 0 atom stereocenters. The average Bonchev–Trinajstić information content (AvgIpc) is 2.47. The van der Waals surface area contributed by atoms with E-state index in [1.165, 1.54) is 6.07 Å². The summed E-state index contributed by atoms with van der Waals surface area (Å²) < 4.78 is 31.6. The minimum atomic E-state index is -4.35. The Labute approximate surface area is 128 Å². The number of hydrogen-bond donors (Lipinski definition) is 2. The van der Waals surface area contributed by atoms with Gasteiger partial charge in [-0.3, -0.25) is 4.55 Å². The van der Waals surface area contributed by atoms with Crippen molar-refractivity contribution in [1.29, 1.82) is 0 Å². The summed E-state index contributed by atoms with van der Waals surface area (Å²) in [5.74, 6) is -0.170. The molecule has 0 heterocycles. The lowest BCUT2D eigenvalue weighted by atomic mass is 10.0. The van der Waals surface area contributed by atoms with Gasteiger partial charge in [0.25, 0.3) is 10.1 Å². The van der Waals surface area contributed by atoms with Gasteiger partial charge in [0.1, 0.15) is 5.75 Å². The fourth-order valence-corrected chi connectivity index (χ4v) is 3.00. The van der Waals surface area contributed by atoms with E-state index in [4.69, 9.17) is 4.55 Å². The minimum absolute atomic E-state index is 0.170. The predicted octanol–water partition coefficient (Wildman–Crippen LogP) is 3.38. The van der Waals surface area contributed by atoms with E-state index in [9.17, 15) is 13.5 Å². The molecule has 0 saturated carbocycles. The summed E-state index contributed by atoms with van der Waals surface area (Å²) in [6, 6.07) is 17.7. The standard InChI is InChI=1S/C17H14O4S/c18-17-11-15(22(19,20)21)10-14-9-13(6-7-16(14)17)8-12-4-2-1-3-5-12/h1-7,9-11,18H,8H2,(H,19,20,21). The van der Waals surface area contributed by atoms with Crippen LogP contribution >= 0.6 is 0 Å². The zero-order valence-electron chi connectivity index (χ0n) is 11.6. The second kappa shape index (κ2) is 5.44. The Bertz CT molecular complexity index is 932. The lowest BCUT2D eigenvalue weighted by molar-refractivity contribution is 0.471. The number of phenolic OH excluding ortho intramolecular Hbond substituents is 1. The highest BCUT2D eigenvalue weighted by Crippen LogP contribution is 2.29. The largest absolute Gasteiger partial charge is 0.507 e. The monoisotopic (exact) mass is 314 g/mol. The van der Waals surface area contributed by atoms with E-state index in [-0.39, 0.29) is 10.6 Å². The van der Waals surface area contributed by atoms with Crippen LogP contribution in [0.25, 0.3) is 10.8 Å². The summed E-state index contributed by atoms with van der Waals surface area (Å²) in [6.07, 6.45) is 0.702. The smallest absolute Gasteiger partial charge is 0.294 e. The Kier molecular flexibility index (Phi) is 3.60. The summed E-state index contributed by atoms with van der Waals surface area (Å²) in [6.45, 7) is 0. The fourth-order valence-electron chi connectivity index (χ4n) is 2.46. The van der Waals surface area contributed by atoms with Crippen LogP contribution in [0.3, 0.4) is 0 Å². The predicted molar refractivity (Wildman–Crippen MR) is 84.7 cm³/mol. The maximum absolute atomic E-state index is 11.2. The zero-order valence-corrected chi connectivity index (χ0v) is 12.4. The van der Waals surface area contributed by atoms with Crippen LogP contribution in [0.5, 0.6) is 5.75 Å². The molecular formula is C17H14O4S. The van der Waals surface area contributed by atoms with Crippen molar-refractivity contribution in [2.45, 2.75) is 11.3 Å². The SMILES string of the molecule is O=S(=O)(O)c1cc(O)c2ccc(Cc3ccccc3)cc2c1. The number of rotatable bonds is 3. The van der Waals surface area contributed by atoms with Crippen LogP contribution in [0.4, 0.5) is 0 Å². The number of benzene rings is 3. The Morgan fingerprint density at radius 2 is 1.59 bits per heavy atom. The lowest BCUT2D eigenvalue weighted by Crippen LogP contribution is -1.98. The van der Waals surface area contributed by atoms with E-state index >= 15 is 0 Å². The molecule has 0 aromatic heterocycles. The first-order chi connectivity index (χ1) is 10.4. The summed E-state index contributed by atoms with van der Waals surface area (Å²) in [5.41, 5.74) is 2.13. The van der Waals surface area contributed by atoms with Crippen LogP contribution in [0.1, 0.15) is 11.1 Å². The van der Waals surface area contributed by atoms with Crippen molar-refractivity contribution < 1.29 is 18.1 Å². The molecule has 0 amide bonds. The third-order valence-electron chi connectivity index (χ3n) is 3.52. The summed E-state index contributed by atoms with van der Waals surface area (Å²) in [5, 5.41) is 11.0. The molecule has 3 rings (SSSR count). The van der Waals surface area contributed by atoms with E-state index in [1.807, 2.05) is 42.5 Å². The van der Waals surface area contributed by atoms with Gasteiger partial charge in [-0.1, -0.05) is 48.5 Å². The quantitative estimate of drug-likeness (QED) is 0.727. The second-order valence-corrected chi connectivity index (χ2v) is 6.56. The number of fused-ring (bicyclic) bond motifs is 1. The van der Waals surface area contributed by atoms with Gasteiger partial charge in [-0.2, -0.15) is 8.42 Å². The van der Waals surface area contributed by atoms with Crippen LogP contribution in [0, 0.1) is 0 Å². The molecule has 0 aliphatic heterocycles. The highest BCUT2D eigenvalue weighted by atomic mass is 32.2. The Morgan fingerprint density at radius 3 is 2.27 bits per heavy atom. The van der Waals surface area contributed by atoms with E-state index in [0.717, 1.165) is 17.2 Å². The van der Waals surface area contributed by atoms with Crippen LogP contribution in [-0.2, 0) is 16.5 Å². The summed E-state index contributed by atoms with van der Waals surface area (Å²) >= 11 is 0. The first-order valence-electron chi connectivity index (χ1n) is 6.70. The van der Waals surface area contributed by atoms with Gasteiger partial charge in [0.2, 0.25) is 0 Å². The summed E-state index contributed by atoms with van der Waals surface area (Å²) in [7, 11) is -4.35. The van der Waals surface area contributed by atoms with Crippen LogP contribution in [-0.4, -0.2) is 18.1 Å². The molecular weight excluding hydrogens is 300 g/mol. The molecule has 112 valence electrons. The van der Waals surface area contributed by atoms with Crippen molar-refractivity contribution >= 4 is 20.9 Å². The molecule has 2 N–H and O–H groups in total. The molecule has 0 radical (unpaired) electrons. The van der Waals surface area contributed by atoms with Gasteiger partial charge < -0.3 is 5.11 Å². The lowest BCUT2D eigenvalue weighted by Gasteiger charge is -2.07. The minimum Gasteiger partial charge on any atom is -0.507 e. The summed E-state index contributed by atoms with van der Waals surface area (Å²) in [4.78, 5) is -0.311. The Balaban J connectivity index is 2.08. The van der Waals surface area contributed by atoms with Gasteiger partial charge in [-0.15, -0.1) is 0 Å². The molecule has 0 aliphatic rings. The zero-order chi connectivity index (χ0) is 15.7. The molecule has 0 saturated heterocycles. The van der Waals surface area contributed by atoms with Crippen LogP contribution in [0.2, 0.25) is 0 Å². The molecule has 5 heteroatoms. The molecule has 0 bridgehead atoms. The highest BCUT2D eigenvalue weighted by molar-refractivity contribution is 7.85.